The molecule has 0 aromatic heterocycles. The number of fused-ring (bicyclic) bond motifs is 5. The molecule has 5 heteroatoms. The number of carbonyl (C=O) groups excluding carboxylic acids is 2. The fourth-order valence-corrected chi connectivity index (χ4v) is 8.86. The van der Waals surface area contributed by atoms with Crippen LogP contribution in [0.25, 0.3) is 0 Å². The number of esters is 1. The van der Waals surface area contributed by atoms with Gasteiger partial charge < -0.3 is 14.6 Å². The van der Waals surface area contributed by atoms with Gasteiger partial charge in [0.1, 0.15) is 5.78 Å². The number of rotatable bonds is 6. The SMILES string of the molecule is CCOC(=O)CC[C@@H](C)[C@H]1CC[C@H]2[C@@H]3[C@H](OC)C[C@@H]4C[C@H](O)CC[C@]4(C)[C@H]3CC(=O)[C@]12C. The molecule has 0 amide bonds. The Balaban J connectivity index is 1.58. The highest BCUT2D eigenvalue weighted by molar-refractivity contribution is 5.87. The van der Waals surface area contributed by atoms with E-state index in [-0.39, 0.29) is 29.0 Å². The number of hydrogen-bond acceptors (Lipinski definition) is 5. The Morgan fingerprint density at radius 2 is 1.94 bits per heavy atom. The number of ether oxygens (including phenoxy) is 2. The molecule has 0 radical (unpaired) electrons. The molecule has 0 aromatic carbocycles. The van der Waals surface area contributed by atoms with Crippen LogP contribution in [0.2, 0.25) is 0 Å². The first-order chi connectivity index (χ1) is 15.2. The minimum atomic E-state index is -0.316. The molecule has 0 aromatic rings. The van der Waals surface area contributed by atoms with Crippen LogP contribution in [-0.2, 0) is 19.1 Å². The van der Waals surface area contributed by atoms with Crippen LogP contribution < -0.4 is 0 Å². The van der Waals surface area contributed by atoms with Gasteiger partial charge in [-0.25, -0.2) is 0 Å². The predicted molar refractivity (Wildman–Crippen MR) is 123 cm³/mol. The second-order valence-electron chi connectivity index (χ2n) is 11.8. The lowest BCUT2D eigenvalue weighted by atomic mass is 9.43. The van der Waals surface area contributed by atoms with Crippen molar-refractivity contribution in [2.75, 3.05) is 13.7 Å². The van der Waals surface area contributed by atoms with Crippen molar-refractivity contribution >= 4 is 11.8 Å². The summed E-state index contributed by atoms with van der Waals surface area (Å²) in [5, 5.41) is 10.3. The minimum absolute atomic E-state index is 0.126. The van der Waals surface area contributed by atoms with Gasteiger partial charge in [0.2, 0.25) is 0 Å². The predicted octanol–water partition coefficient (Wildman–Crippen LogP) is 4.79. The minimum Gasteiger partial charge on any atom is -0.466 e. The third kappa shape index (κ3) is 3.76. The maximum atomic E-state index is 13.9. The van der Waals surface area contributed by atoms with Gasteiger partial charge in [-0.15, -0.1) is 0 Å². The zero-order valence-electron chi connectivity index (χ0n) is 20.8. The standard InChI is InChI=1S/C27H44O5/c1-6-32-24(30)10-7-16(2)19-8-9-20-25-21(15-23(29)27(19,20)4)26(3)12-11-18(28)13-17(26)14-22(25)31-5/h16-22,25,28H,6-15H2,1-5H3/t16-,17+,18-,19-,20+,21+,22-,25+,26+,27-/m1/s1. The Labute approximate surface area is 194 Å². The van der Waals surface area contributed by atoms with Crippen molar-refractivity contribution in [1.82, 2.24) is 0 Å². The smallest absolute Gasteiger partial charge is 0.305 e. The van der Waals surface area contributed by atoms with Crippen LogP contribution in [0.3, 0.4) is 0 Å². The fraction of sp³-hybridized carbons (Fsp3) is 0.926. The second kappa shape index (κ2) is 9.02. The van der Waals surface area contributed by atoms with Gasteiger partial charge in [0.15, 0.2) is 0 Å². The molecule has 182 valence electrons. The quantitative estimate of drug-likeness (QED) is 0.592. The molecule has 0 saturated heterocycles. The first kappa shape index (κ1) is 24.2. The van der Waals surface area contributed by atoms with Crippen LogP contribution in [0.15, 0.2) is 0 Å². The van der Waals surface area contributed by atoms with Crippen LogP contribution in [0.4, 0.5) is 0 Å². The van der Waals surface area contributed by atoms with Crippen LogP contribution in [-0.4, -0.2) is 42.8 Å². The van der Waals surface area contributed by atoms with Crippen LogP contribution in [0.1, 0.15) is 85.5 Å². The van der Waals surface area contributed by atoms with Gasteiger partial charge in [0, 0.05) is 25.4 Å². The molecule has 4 rings (SSSR count). The zero-order valence-corrected chi connectivity index (χ0v) is 20.8. The topological polar surface area (TPSA) is 72.8 Å². The summed E-state index contributed by atoms with van der Waals surface area (Å²) >= 11 is 0. The summed E-state index contributed by atoms with van der Waals surface area (Å²) in [6, 6.07) is 0. The van der Waals surface area contributed by atoms with Gasteiger partial charge >= 0.3 is 5.97 Å². The Kier molecular flexibility index (Phi) is 6.82. The van der Waals surface area contributed by atoms with E-state index in [2.05, 4.69) is 20.8 Å². The summed E-state index contributed by atoms with van der Waals surface area (Å²) in [7, 11) is 1.84. The van der Waals surface area contributed by atoms with Gasteiger partial charge in [-0.1, -0.05) is 20.8 Å². The van der Waals surface area contributed by atoms with Crippen LogP contribution >= 0.6 is 0 Å². The van der Waals surface area contributed by atoms with Crippen molar-refractivity contribution in [3.05, 3.63) is 0 Å². The number of aliphatic hydroxyl groups excluding tert-OH is 1. The number of ketones is 1. The lowest BCUT2D eigenvalue weighted by molar-refractivity contribution is -0.186. The molecule has 4 aliphatic carbocycles. The van der Waals surface area contributed by atoms with E-state index in [1.807, 2.05) is 14.0 Å². The summed E-state index contributed by atoms with van der Waals surface area (Å²) in [5.41, 5.74) is -0.188. The molecule has 0 heterocycles. The largest absolute Gasteiger partial charge is 0.466 e. The number of carbonyl (C=O) groups is 2. The summed E-state index contributed by atoms with van der Waals surface area (Å²) in [5.74, 6) is 2.54. The molecule has 0 bridgehead atoms. The maximum Gasteiger partial charge on any atom is 0.305 e. The van der Waals surface area contributed by atoms with E-state index in [0.717, 1.165) is 44.9 Å². The average molecular weight is 449 g/mol. The van der Waals surface area contributed by atoms with Gasteiger partial charge in [0.25, 0.3) is 0 Å². The van der Waals surface area contributed by atoms with Crippen molar-refractivity contribution < 1.29 is 24.2 Å². The van der Waals surface area contributed by atoms with Crippen molar-refractivity contribution in [3.63, 3.8) is 0 Å². The van der Waals surface area contributed by atoms with Gasteiger partial charge in [0.05, 0.1) is 18.8 Å². The van der Waals surface area contributed by atoms with Crippen LogP contribution in [0, 0.1) is 46.3 Å². The summed E-state index contributed by atoms with van der Waals surface area (Å²) < 4.78 is 11.3. The first-order valence-corrected chi connectivity index (χ1v) is 13.1. The van der Waals surface area contributed by atoms with E-state index in [4.69, 9.17) is 9.47 Å². The van der Waals surface area contributed by atoms with E-state index in [1.165, 1.54) is 0 Å². The monoisotopic (exact) mass is 448 g/mol. The number of methoxy groups -OCH3 is 1. The summed E-state index contributed by atoms with van der Waals surface area (Å²) in [6.45, 7) is 9.13. The zero-order chi connectivity index (χ0) is 23.3. The molecule has 0 unspecified atom stereocenters. The summed E-state index contributed by atoms with van der Waals surface area (Å²) in [6.07, 6.45) is 7.74. The highest BCUT2D eigenvalue weighted by Gasteiger charge is 2.66. The lowest BCUT2D eigenvalue weighted by Crippen LogP contribution is -2.61. The third-order valence-corrected chi connectivity index (χ3v) is 10.7. The van der Waals surface area contributed by atoms with E-state index in [0.29, 0.717) is 60.7 Å². The lowest BCUT2D eigenvalue weighted by Gasteiger charge is -2.62. The molecule has 0 spiro atoms. The van der Waals surface area contributed by atoms with Crippen molar-refractivity contribution in [2.24, 2.45) is 46.3 Å². The van der Waals surface area contributed by atoms with Crippen LogP contribution in [0.5, 0.6) is 0 Å². The van der Waals surface area contributed by atoms with E-state index in [1.54, 1.807) is 0 Å². The molecule has 4 aliphatic rings. The fourth-order valence-electron chi connectivity index (χ4n) is 8.86. The maximum absolute atomic E-state index is 13.9. The van der Waals surface area contributed by atoms with Crippen molar-refractivity contribution in [3.8, 4) is 0 Å². The molecule has 5 nitrogen and oxygen atoms in total. The number of hydrogen-bond donors (Lipinski definition) is 1. The van der Waals surface area contributed by atoms with E-state index < -0.39 is 0 Å². The number of Topliss-reactive ketones (excluding diaryl/α,β-unsaturated/α-hetero) is 1. The summed E-state index contributed by atoms with van der Waals surface area (Å²) in [4.78, 5) is 25.8. The van der Waals surface area contributed by atoms with Crippen molar-refractivity contribution in [1.29, 1.82) is 0 Å². The van der Waals surface area contributed by atoms with Gasteiger partial charge in [-0.3, -0.25) is 9.59 Å². The molecular weight excluding hydrogens is 404 g/mol. The Bertz CT molecular complexity index is 721. The highest BCUT2D eigenvalue weighted by atomic mass is 16.5. The molecule has 0 aliphatic heterocycles. The molecule has 1 N–H and O–H groups in total. The Morgan fingerprint density at radius 3 is 2.62 bits per heavy atom. The molecular formula is C27H44O5. The third-order valence-electron chi connectivity index (χ3n) is 10.7. The Hall–Kier alpha value is -0.940. The second-order valence-corrected chi connectivity index (χ2v) is 11.8. The Morgan fingerprint density at radius 1 is 1.19 bits per heavy atom. The van der Waals surface area contributed by atoms with Gasteiger partial charge in [-0.05, 0) is 92.8 Å². The van der Waals surface area contributed by atoms with E-state index in [9.17, 15) is 14.7 Å². The van der Waals surface area contributed by atoms with E-state index >= 15 is 0 Å². The average Bonchev–Trinajstić information content (AvgIpc) is 3.12. The first-order valence-electron chi connectivity index (χ1n) is 13.1. The van der Waals surface area contributed by atoms with Gasteiger partial charge in [-0.2, -0.15) is 0 Å². The molecule has 32 heavy (non-hydrogen) atoms. The number of aliphatic hydroxyl groups is 1. The van der Waals surface area contributed by atoms with Crippen molar-refractivity contribution in [2.45, 2.75) is 97.7 Å². The molecule has 4 saturated carbocycles. The highest BCUT2D eigenvalue weighted by Crippen LogP contribution is 2.67. The molecule has 10 atom stereocenters. The normalized spacial score (nSPS) is 46.7. The molecule has 4 fully saturated rings.